The maximum atomic E-state index is 4.39. The third-order valence-electron chi connectivity index (χ3n) is 3.28. The first kappa shape index (κ1) is 14.3. The minimum atomic E-state index is 0.888. The third kappa shape index (κ3) is 3.26. The summed E-state index contributed by atoms with van der Waals surface area (Å²) in [6, 6.07) is 8.44. The molecule has 1 aromatic carbocycles. The molecule has 0 aliphatic rings. The van der Waals surface area contributed by atoms with Crippen molar-refractivity contribution in [2.24, 2.45) is 0 Å². The van der Waals surface area contributed by atoms with E-state index in [1.807, 2.05) is 7.05 Å². The van der Waals surface area contributed by atoms with Crippen molar-refractivity contribution >= 4 is 17.3 Å². The van der Waals surface area contributed by atoms with E-state index in [-0.39, 0.29) is 0 Å². The summed E-state index contributed by atoms with van der Waals surface area (Å²) in [5.74, 6) is 1.79. The Morgan fingerprint density at radius 1 is 1.10 bits per heavy atom. The zero-order valence-corrected chi connectivity index (χ0v) is 12.4. The molecule has 4 heteroatoms. The fourth-order valence-corrected chi connectivity index (χ4v) is 2.23. The van der Waals surface area contributed by atoms with E-state index >= 15 is 0 Å². The first-order valence-electron chi connectivity index (χ1n) is 7.16. The lowest BCUT2D eigenvalue weighted by atomic mass is 10.1. The standard InChI is InChI=1S/C16H22N4/c1-4-7-14-15(17-3)18-11-19-16(14)20-13-9-6-8-12(5-2)10-13/h6,8-11H,4-5,7H2,1-3H3,(H2,17,18,19,20). The quantitative estimate of drug-likeness (QED) is 0.838. The lowest BCUT2D eigenvalue weighted by Crippen LogP contribution is -2.05. The van der Waals surface area contributed by atoms with E-state index in [1.54, 1.807) is 6.33 Å². The van der Waals surface area contributed by atoms with Crippen LogP contribution in [-0.4, -0.2) is 17.0 Å². The Morgan fingerprint density at radius 2 is 1.90 bits per heavy atom. The van der Waals surface area contributed by atoms with Crippen LogP contribution in [0.4, 0.5) is 17.3 Å². The molecule has 2 aromatic rings. The van der Waals surface area contributed by atoms with Crippen molar-refractivity contribution in [3.63, 3.8) is 0 Å². The molecule has 106 valence electrons. The predicted molar refractivity (Wildman–Crippen MR) is 84.7 cm³/mol. The van der Waals surface area contributed by atoms with Gasteiger partial charge in [0.15, 0.2) is 0 Å². The molecule has 0 amide bonds. The van der Waals surface area contributed by atoms with Crippen LogP contribution in [0.5, 0.6) is 0 Å². The van der Waals surface area contributed by atoms with E-state index in [1.165, 1.54) is 5.56 Å². The summed E-state index contributed by atoms with van der Waals surface area (Å²) in [5, 5.41) is 6.55. The van der Waals surface area contributed by atoms with Gasteiger partial charge in [0.2, 0.25) is 0 Å². The van der Waals surface area contributed by atoms with Crippen molar-refractivity contribution in [2.45, 2.75) is 33.1 Å². The maximum Gasteiger partial charge on any atom is 0.139 e. The summed E-state index contributed by atoms with van der Waals surface area (Å²) in [6.45, 7) is 4.32. The minimum absolute atomic E-state index is 0.888. The fraction of sp³-hybridized carbons (Fsp3) is 0.375. The Labute approximate surface area is 120 Å². The van der Waals surface area contributed by atoms with Crippen LogP contribution in [-0.2, 0) is 12.8 Å². The fourth-order valence-electron chi connectivity index (χ4n) is 2.23. The van der Waals surface area contributed by atoms with Gasteiger partial charge >= 0.3 is 0 Å². The van der Waals surface area contributed by atoms with Gasteiger partial charge in [-0.15, -0.1) is 0 Å². The van der Waals surface area contributed by atoms with Crippen LogP contribution >= 0.6 is 0 Å². The van der Waals surface area contributed by atoms with Crippen LogP contribution in [0.2, 0.25) is 0 Å². The van der Waals surface area contributed by atoms with Gasteiger partial charge in [-0.05, 0) is 30.5 Å². The highest BCUT2D eigenvalue weighted by molar-refractivity contribution is 5.65. The smallest absolute Gasteiger partial charge is 0.139 e. The molecule has 2 N–H and O–H groups in total. The SMILES string of the molecule is CCCc1c(NC)ncnc1Nc1cccc(CC)c1. The number of aryl methyl sites for hydroxylation is 1. The van der Waals surface area contributed by atoms with Gasteiger partial charge in [0, 0.05) is 18.3 Å². The monoisotopic (exact) mass is 270 g/mol. The van der Waals surface area contributed by atoms with Crippen molar-refractivity contribution in [1.29, 1.82) is 0 Å². The topological polar surface area (TPSA) is 49.8 Å². The van der Waals surface area contributed by atoms with Gasteiger partial charge in [-0.2, -0.15) is 0 Å². The number of hydrogen-bond acceptors (Lipinski definition) is 4. The number of nitrogens with one attached hydrogen (secondary N) is 2. The van der Waals surface area contributed by atoms with Gasteiger partial charge in [-0.25, -0.2) is 9.97 Å². The molecule has 1 heterocycles. The van der Waals surface area contributed by atoms with Crippen LogP contribution in [0.3, 0.4) is 0 Å². The molecule has 2 rings (SSSR count). The van der Waals surface area contributed by atoms with Crippen molar-refractivity contribution in [3.8, 4) is 0 Å². The molecule has 20 heavy (non-hydrogen) atoms. The molecule has 0 spiro atoms. The number of benzene rings is 1. The number of rotatable bonds is 6. The first-order chi connectivity index (χ1) is 9.78. The molecule has 0 aliphatic carbocycles. The second-order valence-corrected chi connectivity index (χ2v) is 4.73. The Balaban J connectivity index is 2.32. The van der Waals surface area contributed by atoms with Crippen LogP contribution in [0.25, 0.3) is 0 Å². The molecule has 0 bridgehead atoms. The van der Waals surface area contributed by atoms with Crippen LogP contribution in [0.1, 0.15) is 31.4 Å². The number of nitrogens with zero attached hydrogens (tertiary/aromatic N) is 2. The third-order valence-corrected chi connectivity index (χ3v) is 3.28. The second-order valence-electron chi connectivity index (χ2n) is 4.73. The number of hydrogen-bond donors (Lipinski definition) is 2. The predicted octanol–water partition coefficient (Wildman–Crippen LogP) is 3.78. The van der Waals surface area contributed by atoms with Crippen LogP contribution in [0, 0.1) is 0 Å². The largest absolute Gasteiger partial charge is 0.373 e. The zero-order valence-electron chi connectivity index (χ0n) is 12.4. The van der Waals surface area contributed by atoms with E-state index in [0.717, 1.165) is 42.1 Å². The first-order valence-corrected chi connectivity index (χ1v) is 7.16. The summed E-state index contributed by atoms with van der Waals surface area (Å²) in [7, 11) is 1.89. The molecule has 0 saturated heterocycles. The summed E-state index contributed by atoms with van der Waals surface area (Å²) >= 11 is 0. The molecule has 0 fully saturated rings. The van der Waals surface area contributed by atoms with E-state index in [0.29, 0.717) is 0 Å². The normalized spacial score (nSPS) is 10.3. The average molecular weight is 270 g/mol. The van der Waals surface area contributed by atoms with Gasteiger partial charge < -0.3 is 10.6 Å². The van der Waals surface area contributed by atoms with E-state index in [4.69, 9.17) is 0 Å². The second kappa shape index (κ2) is 6.89. The highest BCUT2D eigenvalue weighted by Gasteiger charge is 2.10. The van der Waals surface area contributed by atoms with E-state index in [2.05, 4.69) is 58.7 Å². The van der Waals surface area contributed by atoms with Crippen molar-refractivity contribution in [1.82, 2.24) is 9.97 Å². The lowest BCUT2D eigenvalue weighted by Gasteiger charge is -2.14. The van der Waals surface area contributed by atoms with Gasteiger partial charge in [0.1, 0.15) is 18.0 Å². The molecule has 0 unspecified atom stereocenters. The lowest BCUT2D eigenvalue weighted by molar-refractivity contribution is 0.905. The van der Waals surface area contributed by atoms with E-state index < -0.39 is 0 Å². The van der Waals surface area contributed by atoms with Crippen molar-refractivity contribution in [3.05, 3.63) is 41.7 Å². The highest BCUT2D eigenvalue weighted by Crippen LogP contribution is 2.25. The zero-order chi connectivity index (χ0) is 14.4. The minimum Gasteiger partial charge on any atom is -0.373 e. The Kier molecular flexibility index (Phi) is 4.93. The summed E-state index contributed by atoms with van der Waals surface area (Å²) in [4.78, 5) is 8.68. The van der Waals surface area contributed by atoms with Crippen molar-refractivity contribution < 1.29 is 0 Å². The van der Waals surface area contributed by atoms with Gasteiger partial charge in [0.05, 0.1) is 0 Å². The summed E-state index contributed by atoms with van der Waals surface area (Å²) < 4.78 is 0. The molecule has 0 atom stereocenters. The number of aromatic nitrogens is 2. The van der Waals surface area contributed by atoms with Gasteiger partial charge in [-0.3, -0.25) is 0 Å². The summed E-state index contributed by atoms with van der Waals surface area (Å²) in [6.07, 6.45) is 4.64. The van der Waals surface area contributed by atoms with E-state index in [9.17, 15) is 0 Å². The van der Waals surface area contributed by atoms with Crippen LogP contribution in [0.15, 0.2) is 30.6 Å². The number of anilines is 3. The van der Waals surface area contributed by atoms with Crippen molar-refractivity contribution in [2.75, 3.05) is 17.7 Å². The van der Waals surface area contributed by atoms with Gasteiger partial charge in [0.25, 0.3) is 0 Å². The molecule has 4 nitrogen and oxygen atoms in total. The molecular formula is C16H22N4. The molecule has 0 radical (unpaired) electrons. The average Bonchev–Trinajstić information content (AvgIpc) is 2.49. The maximum absolute atomic E-state index is 4.39. The van der Waals surface area contributed by atoms with Gasteiger partial charge in [-0.1, -0.05) is 32.4 Å². The molecular weight excluding hydrogens is 248 g/mol. The Bertz CT molecular complexity index is 566. The Morgan fingerprint density at radius 3 is 2.60 bits per heavy atom. The Hall–Kier alpha value is -2.10. The highest BCUT2D eigenvalue weighted by atomic mass is 15.1. The van der Waals surface area contributed by atoms with Crippen LogP contribution < -0.4 is 10.6 Å². The molecule has 0 aliphatic heterocycles. The summed E-state index contributed by atoms with van der Waals surface area (Å²) in [5.41, 5.74) is 3.52. The molecule has 0 saturated carbocycles. The molecule has 1 aromatic heterocycles.